The van der Waals surface area contributed by atoms with E-state index in [4.69, 9.17) is 28.4 Å². The van der Waals surface area contributed by atoms with Crippen LogP contribution in [0.2, 0.25) is 0 Å². The first-order valence-corrected chi connectivity index (χ1v) is 14.3. The molecule has 0 aliphatic rings. The Bertz CT molecular complexity index is 1380. The Hall–Kier alpha value is -5.06. The Balaban J connectivity index is 2.03. The predicted molar refractivity (Wildman–Crippen MR) is 163 cm³/mol. The summed E-state index contributed by atoms with van der Waals surface area (Å²) in [4.78, 5) is 49.0. The number of ether oxygens (including phenoxy) is 6. The molecule has 45 heavy (non-hydrogen) atoms. The third-order valence-electron chi connectivity index (χ3n) is 6.98. The van der Waals surface area contributed by atoms with Crippen LogP contribution in [0.3, 0.4) is 0 Å². The van der Waals surface area contributed by atoms with Crippen molar-refractivity contribution in [3.8, 4) is 17.2 Å². The van der Waals surface area contributed by atoms with Crippen LogP contribution >= 0.6 is 0 Å². The lowest BCUT2D eigenvalue weighted by Gasteiger charge is -2.20. The molecular weight excluding hydrogens is 584 g/mol. The molecule has 0 saturated carbocycles. The number of hydrogen-bond acceptors (Lipinski definition) is 11. The highest BCUT2D eigenvalue weighted by atomic mass is 16.5. The smallest absolute Gasteiger partial charge is 0.338 e. The monoisotopic (exact) mass is 622 g/mol. The number of phenolic OH excluding ortho intramolecular Hbond substituents is 1. The van der Waals surface area contributed by atoms with E-state index < -0.39 is 23.9 Å². The number of hydrogen-bond donors (Lipinski definition) is 1. The maximum absolute atomic E-state index is 12.2. The largest absolute Gasteiger partial charge is 0.507 e. The highest BCUT2D eigenvalue weighted by molar-refractivity contribution is 5.96. The first-order chi connectivity index (χ1) is 21.6. The molecule has 0 aliphatic heterocycles. The van der Waals surface area contributed by atoms with Crippen LogP contribution in [0.15, 0.2) is 42.5 Å². The summed E-state index contributed by atoms with van der Waals surface area (Å²) >= 11 is 0. The van der Waals surface area contributed by atoms with Crippen LogP contribution in [0, 0.1) is 0 Å². The zero-order chi connectivity index (χ0) is 33.1. The zero-order valence-corrected chi connectivity index (χ0v) is 26.3. The van der Waals surface area contributed by atoms with Crippen molar-refractivity contribution in [3.05, 3.63) is 87.0 Å². The highest BCUT2D eigenvalue weighted by Crippen LogP contribution is 2.34. The second-order valence-electron chi connectivity index (χ2n) is 10.0. The predicted octanol–water partition coefficient (Wildman–Crippen LogP) is 5.60. The lowest BCUT2D eigenvalue weighted by Crippen LogP contribution is -2.10. The number of aromatic hydroxyl groups is 1. The quantitative estimate of drug-likeness (QED) is 0.177. The van der Waals surface area contributed by atoms with Crippen molar-refractivity contribution >= 4 is 23.9 Å². The molecule has 11 heteroatoms. The number of carbonyl (C=O) groups excluding carboxylic acids is 4. The molecule has 1 N–H and O–H groups in total. The molecule has 0 unspecified atom stereocenters. The van der Waals surface area contributed by atoms with Crippen molar-refractivity contribution in [2.45, 2.75) is 52.7 Å². The van der Waals surface area contributed by atoms with E-state index in [0.717, 1.165) is 12.8 Å². The van der Waals surface area contributed by atoms with Gasteiger partial charge in [0.25, 0.3) is 0 Å². The summed E-state index contributed by atoms with van der Waals surface area (Å²) in [5, 5.41) is 11.4. The second-order valence-corrected chi connectivity index (χ2v) is 10.0. The molecule has 0 aromatic heterocycles. The van der Waals surface area contributed by atoms with Crippen molar-refractivity contribution in [2.75, 3.05) is 28.4 Å². The molecule has 0 spiro atoms. The lowest BCUT2D eigenvalue weighted by molar-refractivity contribution is 0.0580. The molecule has 0 radical (unpaired) electrons. The SMILES string of the molecule is CCCc1c(COc2cc(C(=O)OC)cc(C(=O)OC)c2)cc(COc2cc(C(=O)OC)cc(C(=O)OC)c2)c(CCC)c1O. The fraction of sp³-hybridized carbons (Fsp3) is 0.353. The Morgan fingerprint density at radius 1 is 0.533 bits per heavy atom. The maximum atomic E-state index is 12.2. The van der Waals surface area contributed by atoms with Gasteiger partial charge in [-0.15, -0.1) is 0 Å². The van der Waals surface area contributed by atoms with Crippen LogP contribution in [0.5, 0.6) is 17.2 Å². The van der Waals surface area contributed by atoms with E-state index in [1.807, 2.05) is 19.9 Å². The Labute approximate surface area is 262 Å². The Kier molecular flexibility index (Phi) is 12.3. The van der Waals surface area contributed by atoms with Crippen LogP contribution in [0.4, 0.5) is 0 Å². The van der Waals surface area contributed by atoms with Gasteiger partial charge in [-0.1, -0.05) is 26.7 Å². The standard InChI is InChI=1S/C34H38O11/c1-7-9-28-24(18-44-26-14-20(31(36)40-3)11-21(15-26)32(37)41-4)13-25(29(10-8-2)30(28)35)19-45-27-16-22(33(38)42-5)12-23(17-27)34(39)43-6/h11-17,35H,7-10,18-19H2,1-6H3. The van der Waals surface area contributed by atoms with Gasteiger partial charge in [0.1, 0.15) is 30.5 Å². The summed E-state index contributed by atoms with van der Waals surface area (Å²) in [6.45, 7) is 3.99. The summed E-state index contributed by atoms with van der Waals surface area (Å²) in [5.74, 6) is -2.00. The molecule has 3 aromatic carbocycles. The van der Waals surface area contributed by atoms with Crippen molar-refractivity contribution in [2.24, 2.45) is 0 Å². The van der Waals surface area contributed by atoms with Crippen molar-refractivity contribution in [3.63, 3.8) is 0 Å². The van der Waals surface area contributed by atoms with Gasteiger partial charge in [-0.3, -0.25) is 0 Å². The minimum absolute atomic E-state index is 0.00213. The van der Waals surface area contributed by atoms with Crippen LogP contribution in [0.25, 0.3) is 0 Å². The van der Waals surface area contributed by atoms with Gasteiger partial charge in [0.15, 0.2) is 0 Å². The molecule has 11 nitrogen and oxygen atoms in total. The summed E-state index contributed by atoms with van der Waals surface area (Å²) in [6, 6.07) is 10.4. The van der Waals surface area contributed by atoms with Crippen LogP contribution in [-0.4, -0.2) is 57.4 Å². The van der Waals surface area contributed by atoms with Gasteiger partial charge in [-0.2, -0.15) is 0 Å². The number of phenols is 1. The molecule has 3 rings (SSSR count). The highest BCUT2D eigenvalue weighted by Gasteiger charge is 2.20. The first-order valence-electron chi connectivity index (χ1n) is 14.3. The molecule has 0 atom stereocenters. The molecule has 0 saturated heterocycles. The summed E-state index contributed by atoms with van der Waals surface area (Å²) in [6.07, 6.45) is 2.65. The van der Waals surface area contributed by atoms with E-state index in [1.165, 1.54) is 64.8 Å². The number of benzene rings is 3. The first kappa shape index (κ1) is 34.4. The minimum atomic E-state index is -0.648. The van der Waals surface area contributed by atoms with Crippen molar-refractivity contribution in [1.82, 2.24) is 0 Å². The van der Waals surface area contributed by atoms with Gasteiger partial charge < -0.3 is 33.5 Å². The summed E-state index contributed by atoms with van der Waals surface area (Å²) in [5.41, 5.74) is 3.22. The number of carbonyl (C=O) groups is 4. The molecule has 0 aliphatic carbocycles. The molecule has 0 bridgehead atoms. The number of methoxy groups -OCH3 is 4. The maximum Gasteiger partial charge on any atom is 0.338 e. The zero-order valence-electron chi connectivity index (χ0n) is 26.3. The van der Waals surface area contributed by atoms with E-state index in [2.05, 4.69) is 0 Å². The van der Waals surface area contributed by atoms with E-state index in [-0.39, 0.29) is 52.7 Å². The van der Waals surface area contributed by atoms with Crippen LogP contribution in [-0.2, 0) is 45.0 Å². The molecule has 0 amide bonds. The topological polar surface area (TPSA) is 144 Å². The molecule has 240 valence electrons. The van der Waals surface area contributed by atoms with Gasteiger partial charge in [-0.25, -0.2) is 19.2 Å². The molecule has 0 heterocycles. The fourth-order valence-corrected chi connectivity index (χ4v) is 4.82. The van der Waals surface area contributed by atoms with E-state index in [9.17, 15) is 24.3 Å². The third-order valence-corrected chi connectivity index (χ3v) is 6.98. The summed E-state index contributed by atoms with van der Waals surface area (Å²) < 4.78 is 31.4. The van der Waals surface area contributed by atoms with E-state index in [1.54, 1.807) is 0 Å². The average molecular weight is 623 g/mol. The van der Waals surface area contributed by atoms with Gasteiger partial charge >= 0.3 is 23.9 Å². The minimum Gasteiger partial charge on any atom is -0.507 e. The van der Waals surface area contributed by atoms with Crippen LogP contribution < -0.4 is 9.47 Å². The number of rotatable bonds is 14. The number of esters is 4. The molecular formula is C34H38O11. The Morgan fingerprint density at radius 3 is 1.11 bits per heavy atom. The Morgan fingerprint density at radius 2 is 0.844 bits per heavy atom. The van der Waals surface area contributed by atoms with Gasteiger partial charge in [0.2, 0.25) is 0 Å². The van der Waals surface area contributed by atoms with Crippen molar-refractivity contribution < 1.29 is 52.7 Å². The van der Waals surface area contributed by atoms with Crippen LogP contribution in [0.1, 0.15) is 90.4 Å². The van der Waals surface area contributed by atoms with Gasteiger partial charge in [0, 0.05) is 11.1 Å². The summed E-state index contributed by atoms with van der Waals surface area (Å²) in [7, 11) is 4.93. The van der Waals surface area contributed by atoms with E-state index in [0.29, 0.717) is 35.1 Å². The van der Waals surface area contributed by atoms with Gasteiger partial charge in [0.05, 0.1) is 50.7 Å². The van der Waals surface area contributed by atoms with Crippen molar-refractivity contribution in [1.29, 1.82) is 0 Å². The second kappa shape index (κ2) is 16.1. The third kappa shape index (κ3) is 8.53. The van der Waals surface area contributed by atoms with Gasteiger partial charge in [-0.05, 0) is 66.4 Å². The molecule has 0 fully saturated rings. The average Bonchev–Trinajstić information content (AvgIpc) is 3.07. The fourth-order valence-electron chi connectivity index (χ4n) is 4.82. The normalized spacial score (nSPS) is 10.5. The lowest BCUT2D eigenvalue weighted by atomic mass is 9.92. The van der Waals surface area contributed by atoms with E-state index >= 15 is 0 Å². The molecule has 3 aromatic rings.